The zero-order valence-corrected chi connectivity index (χ0v) is 10.6. The number of carboxylic acid groups (broad SMARTS) is 1. The van der Waals surface area contributed by atoms with E-state index in [9.17, 15) is 4.79 Å². The van der Waals surface area contributed by atoms with E-state index in [2.05, 4.69) is 0 Å². The summed E-state index contributed by atoms with van der Waals surface area (Å²) in [6, 6.07) is 7.27. The first-order valence-corrected chi connectivity index (χ1v) is 6.07. The summed E-state index contributed by atoms with van der Waals surface area (Å²) in [5.74, 6) is -1.00. The van der Waals surface area contributed by atoms with E-state index in [0.29, 0.717) is 5.02 Å². The molecule has 0 fully saturated rings. The lowest BCUT2D eigenvalue weighted by Gasteiger charge is -2.00. The van der Waals surface area contributed by atoms with Crippen LogP contribution in [0.4, 0.5) is 5.69 Å². The van der Waals surface area contributed by atoms with Gasteiger partial charge in [-0.1, -0.05) is 23.7 Å². The van der Waals surface area contributed by atoms with Gasteiger partial charge in [0.15, 0.2) is 0 Å². The molecule has 0 saturated heterocycles. The Hall–Kier alpha value is -1.52. The zero-order valence-electron chi connectivity index (χ0n) is 9.03. The van der Waals surface area contributed by atoms with Gasteiger partial charge in [-0.15, -0.1) is 11.3 Å². The lowest BCUT2D eigenvalue weighted by atomic mass is 10.1. The second kappa shape index (κ2) is 4.39. The lowest BCUT2D eigenvalue weighted by molar-refractivity contribution is 0.0703. The number of nitrogens with two attached hydrogens (primary N) is 1. The lowest BCUT2D eigenvalue weighted by Crippen LogP contribution is -1.96. The molecule has 0 aliphatic heterocycles. The van der Waals surface area contributed by atoms with Crippen LogP contribution in [0, 0.1) is 6.92 Å². The van der Waals surface area contributed by atoms with Gasteiger partial charge in [-0.25, -0.2) is 4.79 Å². The number of aromatic carboxylic acids is 1. The van der Waals surface area contributed by atoms with Crippen LogP contribution in [-0.4, -0.2) is 11.1 Å². The smallest absolute Gasteiger partial charge is 0.348 e. The van der Waals surface area contributed by atoms with E-state index in [1.807, 2.05) is 25.1 Å². The Labute approximate surface area is 107 Å². The molecule has 0 aliphatic rings. The third kappa shape index (κ3) is 2.28. The van der Waals surface area contributed by atoms with E-state index < -0.39 is 5.97 Å². The normalized spacial score (nSPS) is 10.5. The Morgan fingerprint density at radius 1 is 1.41 bits per heavy atom. The molecule has 0 radical (unpaired) electrons. The third-order valence-electron chi connectivity index (χ3n) is 2.41. The van der Waals surface area contributed by atoms with Crippen molar-refractivity contribution in [2.45, 2.75) is 6.92 Å². The standard InChI is InChI=1S/C12H10ClNO2S/c1-6-2-3-7(4-8(6)13)10-5-9(14)11(17-10)12(15)16/h2-5H,14H2,1H3,(H,15,16). The second-order valence-electron chi connectivity index (χ2n) is 3.66. The Balaban J connectivity index is 2.50. The number of thiophene rings is 1. The monoisotopic (exact) mass is 267 g/mol. The van der Waals surface area contributed by atoms with E-state index >= 15 is 0 Å². The number of rotatable bonds is 2. The molecule has 1 aromatic heterocycles. The molecule has 0 saturated carbocycles. The first-order valence-electron chi connectivity index (χ1n) is 4.88. The van der Waals surface area contributed by atoms with Crippen LogP contribution < -0.4 is 5.73 Å². The number of anilines is 1. The molecule has 1 heterocycles. The van der Waals surface area contributed by atoms with Gasteiger partial charge in [0.2, 0.25) is 0 Å². The molecule has 2 aromatic rings. The quantitative estimate of drug-likeness (QED) is 0.873. The highest BCUT2D eigenvalue weighted by Crippen LogP contribution is 2.34. The number of aryl methyl sites for hydroxylation is 1. The Bertz CT molecular complexity index is 592. The summed E-state index contributed by atoms with van der Waals surface area (Å²) < 4.78 is 0. The summed E-state index contributed by atoms with van der Waals surface area (Å²) in [6.07, 6.45) is 0. The van der Waals surface area contributed by atoms with Crippen LogP contribution in [0.2, 0.25) is 5.02 Å². The van der Waals surface area contributed by atoms with Gasteiger partial charge in [-0.2, -0.15) is 0 Å². The number of nitrogen functional groups attached to an aromatic ring is 1. The highest BCUT2D eigenvalue weighted by Gasteiger charge is 2.14. The summed E-state index contributed by atoms with van der Waals surface area (Å²) in [4.78, 5) is 11.9. The Morgan fingerprint density at radius 3 is 2.65 bits per heavy atom. The minimum atomic E-state index is -1.00. The molecular weight excluding hydrogens is 258 g/mol. The molecule has 0 amide bonds. The fraction of sp³-hybridized carbons (Fsp3) is 0.0833. The maximum atomic E-state index is 10.9. The van der Waals surface area contributed by atoms with Crippen molar-refractivity contribution in [3.63, 3.8) is 0 Å². The van der Waals surface area contributed by atoms with E-state index in [0.717, 1.165) is 27.3 Å². The van der Waals surface area contributed by atoms with Crippen LogP contribution in [0.25, 0.3) is 10.4 Å². The average Bonchev–Trinajstić information content (AvgIpc) is 2.64. The summed E-state index contributed by atoms with van der Waals surface area (Å²) in [7, 11) is 0. The van der Waals surface area contributed by atoms with Crippen molar-refractivity contribution in [3.05, 3.63) is 39.7 Å². The highest BCUT2D eigenvalue weighted by molar-refractivity contribution is 7.17. The first-order chi connectivity index (χ1) is 7.99. The van der Waals surface area contributed by atoms with Crippen molar-refractivity contribution < 1.29 is 9.90 Å². The second-order valence-corrected chi connectivity index (χ2v) is 5.12. The maximum Gasteiger partial charge on any atom is 0.348 e. The number of carboxylic acids is 1. The van der Waals surface area contributed by atoms with Crippen LogP contribution in [0.1, 0.15) is 15.2 Å². The molecule has 5 heteroatoms. The predicted octanol–water partition coefficient (Wildman–Crippen LogP) is 3.66. The molecule has 0 unspecified atom stereocenters. The van der Waals surface area contributed by atoms with Crippen molar-refractivity contribution in [1.29, 1.82) is 0 Å². The first kappa shape index (κ1) is 12.0. The number of halogens is 1. The Kier molecular flexibility index (Phi) is 3.09. The fourth-order valence-electron chi connectivity index (χ4n) is 1.46. The number of carbonyl (C=O) groups is 1. The summed E-state index contributed by atoms with van der Waals surface area (Å²) in [6.45, 7) is 1.91. The van der Waals surface area contributed by atoms with Crippen molar-refractivity contribution >= 4 is 34.6 Å². The number of benzene rings is 1. The van der Waals surface area contributed by atoms with Crippen LogP contribution >= 0.6 is 22.9 Å². The van der Waals surface area contributed by atoms with Gasteiger partial charge >= 0.3 is 5.97 Å². The van der Waals surface area contributed by atoms with Gasteiger partial charge < -0.3 is 10.8 Å². The molecule has 0 atom stereocenters. The molecule has 0 spiro atoms. The summed E-state index contributed by atoms with van der Waals surface area (Å²) in [5, 5.41) is 9.59. The molecule has 3 nitrogen and oxygen atoms in total. The summed E-state index contributed by atoms with van der Waals surface area (Å²) >= 11 is 7.18. The molecule has 0 aliphatic carbocycles. The largest absolute Gasteiger partial charge is 0.477 e. The van der Waals surface area contributed by atoms with Crippen molar-refractivity contribution in [3.8, 4) is 10.4 Å². The van der Waals surface area contributed by atoms with Gasteiger partial charge in [-0.05, 0) is 30.2 Å². The van der Waals surface area contributed by atoms with Crippen LogP contribution in [0.3, 0.4) is 0 Å². The maximum absolute atomic E-state index is 10.9. The van der Waals surface area contributed by atoms with E-state index in [1.165, 1.54) is 0 Å². The fourth-order valence-corrected chi connectivity index (χ4v) is 2.56. The minimum Gasteiger partial charge on any atom is -0.477 e. The van der Waals surface area contributed by atoms with Gasteiger partial charge in [0.25, 0.3) is 0 Å². The van der Waals surface area contributed by atoms with Crippen molar-refractivity contribution in [1.82, 2.24) is 0 Å². The van der Waals surface area contributed by atoms with E-state index in [4.69, 9.17) is 22.4 Å². The number of hydrogen-bond donors (Lipinski definition) is 2. The van der Waals surface area contributed by atoms with Crippen LogP contribution in [0.15, 0.2) is 24.3 Å². The molecule has 0 bridgehead atoms. The topological polar surface area (TPSA) is 63.3 Å². The van der Waals surface area contributed by atoms with Crippen LogP contribution in [0.5, 0.6) is 0 Å². The molecule has 1 aromatic carbocycles. The van der Waals surface area contributed by atoms with Gasteiger partial charge in [0.05, 0.1) is 5.69 Å². The van der Waals surface area contributed by atoms with Crippen LogP contribution in [-0.2, 0) is 0 Å². The molecule has 88 valence electrons. The number of hydrogen-bond acceptors (Lipinski definition) is 3. The molecule has 17 heavy (non-hydrogen) atoms. The van der Waals surface area contributed by atoms with Gasteiger partial charge in [0.1, 0.15) is 4.88 Å². The van der Waals surface area contributed by atoms with E-state index in [-0.39, 0.29) is 10.6 Å². The van der Waals surface area contributed by atoms with Gasteiger partial charge in [0, 0.05) is 9.90 Å². The molecule has 3 N–H and O–H groups in total. The minimum absolute atomic E-state index is 0.164. The summed E-state index contributed by atoms with van der Waals surface area (Å²) in [5.41, 5.74) is 7.79. The highest BCUT2D eigenvalue weighted by atomic mass is 35.5. The van der Waals surface area contributed by atoms with Gasteiger partial charge in [-0.3, -0.25) is 0 Å². The third-order valence-corrected chi connectivity index (χ3v) is 4.01. The molecule has 2 rings (SSSR count). The SMILES string of the molecule is Cc1ccc(-c2cc(N)c(C(=O)O)s2)cc1Cl. The van der Waals surface area contributed by atoms with Crippen molar-refractivity contribution in [2.24, 2.45) is 0 Å². The zero-order chi connectivity index (χ0) is 12.6. The predicted molar refractivity (Wildman–Crippen MR) is 70.9 cm³/mol. The Morgan fingerprint density at radius 2 is 2.12 bits per heavy atom. The van der Waals surface area contributed by atoms with E-state index in [1.54, 1.807) is 6.07 Å². The molecular formula is C12H10ClNO2S. The van der Waals surface area contributed by atoms with Crippen molar-refractivity contribution in [2.75, 3.05) is 5.73 Å². The average molecular weight is 268 g/mol.